The Morgan fingerprint density at radius 3 is 3.11 bits per heavy atom. The normalized spacial score (nSPS) is 20.7. The van der Waals surface area contributed by atoms with Crippen molar-refractivity contribution < 1.29 is 4.74 Å². The standard InChI is InChI=1S/C12H22N4O.ClH/c1-11-8-15(4-3-13-11)9-12-7-14-16(10-12)5-6-17-2;/h7,10-11,13H,3-6,8-9H2,1-2H3;1H/t11-;/m0./s1. The molecule has 1 aliphatic rings. The summed E-state index contributed by atoms with van der Waals surface area (Å²) < 4.78 is 6.99. The van der Waals surface area contributed by atoms with Crippen molar-refractivity contribution in [2.24, 2.45) is 0 Å². The topological polar surface area (TPSA) is 42.3 Å². The molecule has 0 unspecified atom stereocenters. The van der Waals surface area contributed by atoms with Crippen LogP contribution >= 0.6 is 12.4 Å². The van der Waals surface area contributed by atoms with Crippen LogP contribution in [0.4, 0.5) is 0 Å². The first-order chi connectivity index (χ1) is 8.28. The van der Waals surface area contributed by atoms with Crippen molar-refractivity contribution in [3.05, 3.63) is 18.0 Å². The van der Waals surface area contributed by atoms with Gasteiger partial charge in [-0.25, -0.2) is 0 Å². The summed E-state index contributed by atoms with van der Waals surface area (Å²) in [6, 6.07) is 0.590. The molecule has 2 heterocycles. The van der Waals surface area contributed by atoms with E-state index in [2.05, 4.69) is 28.4 Å². The van der Waals surface area contributed by atoms with E-state index in [4.69, 9.17) is 4.74 Å². The summed E-state index contributed by atoms with van der Waals surface area (Å²) >= 11 is 0. The molecular weight excluding hydrogens is 252 g/mol. The molecule has 6 heteroatoms. The van der Waals surface area contributed by atoms with Gasteiger partial charge in [0.05, 0.1) is 19.3 Å². The zero-order valence-corrected chi connectivity index (χ0v) is 11.9. The molecule has 0 aromatic carbocycles. The fourth-order valence-corrected chi connectivity index (χ4v) is 2.21. The molecule has 1 atom stereocenters. The van der Waals surface area contributed by atoms with Crippen LogP contribution < -0.4 is 5.32 Å². The zero-order chi connectivity index (χ0) is 12.1. The first-order valence-corrected chi connectivity index (χ1v) is 6.24. The van der Waals surface area contributed by atoms with E-state index in [0.717, 1.165) is 32.7 Å². The Morgan fingerprint density at radius 2 is 2.39 bits per heavy atom. The highest BCUT2D eigenvalue weighted by Crippen LogP contribution is 2.06. The SMILES string of the molecule is COCCn1cc(CN2CCN[C@@H](C)C2)cn1.Cl. The average Bonchev–Trinajstić information content (AvgIpc) is 2.74. The highest BCUT2D eigenvalue weighted by atomic mass is 35.5. The van der Waals surface area contributed by atoms with Gasteiger partial charge in [-0.2, -0.15) is 5.10 Å². The van der Waals surface area contributed by atoms with Crippen molar-refractivity contribution in [2.45, 2.75) is 26.1 Å². The van der Waals surface area contributed by atoms with Crippen molar-refractivity contribution in [1.82, 2.24) is 20.0 Å². The van der Waals surface area contributed by atoms with Crippen LogP contribution in [0, 0.1) is 0 Å². The van der Waals surface area contributed by atoms with Crippen molar-refractivity contribution in [1.29, 1.82) is 0 Å². The van der Waals surface area contributed by atoms with E-state index >= 15 is 0 Å². The predicted molar refractivity (Wildman–Crippen MR) is 74.1 cm³/mol. The van der Waals surface area contributed by atoms with Crippen LogP contribution in [0.5, 0.6) is 0 Å². The molecule has 104 valence electrons. The molecule has 0 radical (unpaired) electrons. The minimum atomic E-state index is 0. The van der Waals surface area contributed by atoms with Gasteiger partial charge in [0.2, 0.25) is 0 Å². The molecule has 1 aliphatic heterocycles. The molecule has 0 bridgehead atoms. The van der Waals surface area contributed by atoms with Gasteiger partial charge in [0, 0.05) is 51.1 Å². The molecule has 0 amide bonds. The van der Waals surface area contributed by atoms with Crippen LogP contribution in [0.25, 0.3) is 0 Å². The molecule has 2 rings (SSSR count). The van der Waals surface area contributed by atoms with Crippen molar-refractivity contribution in [2.75, 3.05) is 33.4 Å². The predicted octanol–water partition coefficient (Wildman–Crippen LogP) is 0.745. The van der Waals surface area contributed by atoms with Crippen LogP contribution in [0.3, 0.4) is 0 Å². The number of methoxy groups -OCH3 is 1. The summed E-state index contributed by atoms with van der Waals surface area (Å²) in [6.45, 7) is 8.09. The number of nitrogens with one attached hydrogen (secondary N) is 1. The van der Waals surface area contributed by atoms with Gasteiger partial charge < -0.3 is 10.1 Å². The molecule has 1 N–H and O–H groups in total. The van der Waals surface area contributed by atoms with Gasteiger partial charge in [-0.05, 0) is 6.92 Å². The maximum atomic E-state index is 5.04. The quantitative estimate of drug-likeness (QED) is 0.860. The van der Waals surface area contributed by atoms with Crippen molar-refractivity contribution in [3.8, 4) is 0 Å². The number of nitrogens with zero attached hydrogens (tertiary/aromatic N) is 3. The molecule has 0 spiro atoms. The van der Waals surface area contributed by atoms with E-state index in [1.54, 1.807) is 7.11 Å². The Bertz CT molecular complexity index is 345. The number of aromatic nitrogens is 2. The van der Waals surface area contributed by atoms with Crippen molar-refractivity contribution in [3.63, 3.8) is 0 Å². The molecule has 1 aromatic rings. The molecule has 1 fully saturated rings. The van der Waals surface area contributed by atoms with E-state index in [0.29, 0.717) is 12.6 Å². The minimum absolute atomic E-state index is 0. The Labute approximate surface area is 115 Å². The molecule has 5 nitrogen and oxygen atoms in total. The molecule has 0 saturated carbocycles. The Hall–Kier alpha value is -0.620. The van der Waals surface area contributed by atoms with Gasteiger partial charge in [-0.1, -0.05) is 0 Å². The third-order valence-corrected chi connectivity index (χ3v) is 3.07. The van der Waals surface area contributed by atoms with E-state index < -0.39 is 0 Å². The lowest BCUT2D eigenvalue weighted by Gasteiger charge is -2.31. The van der Waals surface area contributed by atoms with Gasteiger partial charge in [-0.15, -0.1) is 12.4 Å². The van der Waals surface area contributed by atoms with Crippen LogP contribution in [-0.4, -0.2) is 54.1 Å². The molecule has 0 aliphatic carbocycles. The fraction of sp³-hybridized carbons (Fsp3) is 0.750. The second-order valence-corrected chi connectivity index (χ2v) is 4.69. The molecule has 18 heavy (non-hydrogen) atoms. The van der Waals surface area contributed by atoms with Crippen LogP contribution in [-0.2, 0) is 17.8 Å². The fourth-order valence-electron chi connectivity index (χ4n) is 2.21. The third-order valence-electron chi connectivity index (χ3n) is 3.07. The Balaban J connectivity index is 0.00000162. The van der Waals surface area contributed by atoms with Gasteiger partial charge in [0.25, 0.3) is 0 Å². The van der Waals surface area contributed by atoms with E-state index in [-0.39, 0.29) is 12.4 Å². The lowest BCUT2D eigenvalue weighted by molar-refractivity contribution is 0.183. The Kier molecular flexibility index (Phi) is 6.63. The summed E-state index contributed by atoms with van der Waals surface area (Å²) in [5.41, 5.74) is 1.29. The van der Waals surface area contributed by atoms with E-state index in [1.807, 2.05) is 10.9 Å². The second-order valence-electron chi connectivity index (χ2n) is 4.69. The maximum Gasteiger partial charge on any atom is 0.0658 e. The minimum Gasteiger partial charge on any atom is -0.383 e. The lowest BCUT2D eigenvalue weighted by Crippen LogP contribution is -2.48. The summed E-state index contributed by atoms with van der Waals surface area (Å²) in [5, 5.41) is 7.78. The monoisotopic (exact) mass is 274 g/mol. The molecular formula is C12H23ClN4O. The smallest absolute Gasteiger partial charge is 0.0658 e. The van der Waals surface area contributed by atoms with Gasteiger partial charge in [0.15, 0.2) is 0 Å². The first kappa shape index (κ1) is 15.4. The summed E-state index contributed by atoms with van der Waals surface area (Å²) in [7, 11) is 1.71. The number of ether oxygens (including phenoxy) is 1. The van der Waals surface area contributed by atoms with Crippen LogP contribution in [0.1, 0.15) is 12.5 Å². The maximum absolute atomic E-state index is 5.04. The van der Waals surface area contributed by atoms with Crippen molar-refractivity contribution >= 4 is 12.4 Å². The van der Waals surface area contributed by atoms with E-state index in [9.17, 15) is 0 Å². The van der Waals surface area contributed by atoms with E-state index in [1.165, 1.54) is 5.56 Å². The molecule has 1 aromatic heterocycles. The van der Waals surface area contributed by atoms with Gasteiger partial charge in [0.1, 0.15) is 0 Å². The highest BCUT2D eigenvalue weighted by molar-refractivity contribution is 5.85. The number of piperazine rings is 1. The second kappa shape index (κ2) is 7.74. The Morgan fingerprint density at radius 1 is 1.56 bits per heavy atom. The summed E-state index contributed by atoms with van der Waals surface area (Å²) in [5.74, 6) is 0. The summed E-state index contributed by atoms with van der Waals surface area (Å²) in [6.07, 6.45) is 4.08. The lowest BCUT2D eigenvalue weighted by atomic mass is 10.2. The van der Waals surface area contributed by atoms with Gasteiger partial charge >= 0.3 is 0 Å². The number of hydrogen-bond acceptors (Lipinski definition) is 4. The summed E-state index contributed by atoms with van der Waals surface area (Å²) in [4.78, 5) is 2.47. The number of halogens is 1. The number of rotatable bonds is 5. The number of hydrogen-bond donors (Lipinski definition) is 1. The average molecular weight is 275 g/mol. The zero-order valence-electron chi connectivity index (χ0n) is 11.1. The molecule has 1 saturated heterocycles. The third kappa shape index (κ3) is 4.57. The highest BCUT2D eigenvalue weighted by Gasteiger charge is 2.15. The first-order valence-electron chi connectivity index (χ1n) is 6.24. The van der Waals surface area contributed by atoms with Crippen LogP contribution in [0.15, 0.2) is 12.4 Å². The van der Waals surface area contributed by atoms with Crippen LogP contribution in [0.2, 0.25) is 0 Å². The van der Waals surface area contributed by atoms with Gasteiger partial charge in [-0.3, -0.25) is 9.58 Å². The largest absolute Gasteiger partial charge is 0.383 e.